The van der Waals surface area contributed by atoms with Gasteiger partial charge >= 0.3 is 0 Å². The smallest absolute Gasteiger partial charge is 0.252 e. The number of carbonyl (C=O) groups excluding carboxylic acids is 1. The fraction of sp³-hybridized carbons (Fsp3) is 0.267. The van der Waals surface area contributed by atoms with Crippen molar-refractivity contribution in [1.82, 2.24) is 5.32 Å². The molecule has 20 heavy (non-hydrogen) atoms. The maximum absolute atomic E-state index is 12.8. The van der Waals surface area contributed by atoms with Crippen LogP contribution in [0, 0.1) is 5.82 Å². The molecule has 106 valence electrons. The Balaban J connectivity index is 1.89. The second-order valence-electron chi connectivity index (χ2n) is 4.69. The first-order chi connectivity index (χ1) is 9.56. The zero-order valence-corrected chi connectivity index (χ0v) is 11.9. The van der Waals surface area contributed by atoms with Gasteiger partial charge in [-0.3, -0.25) is 4.79 Å². The third-order valence-corrected chi connectivity index (χ3v) is 3.68. The minimum absolute atomic E-state index is 0.148. The van der Waals surface area contributed by atoms with Gasteiger partial charge in [0.05, 0.1) is 6.10 Å². The Morgan fingerprint density at radius 1 is 1.35 bits per heavy atom. The predicted molar refractivity (Wildman–Crippen MR) is 77.2 cm³/mol. The van der Waals surface area contributed by atoms with Gasteiger partial charge in [-0.05, 0) is 42.5 Å². The van der Waals surface area contributed by atoms with Gasteiger partial charge in [-0.2, -0.15) is 11.3 Å². The van der Waals surface area contributed by atoms with E-state index in [2.05, 4.69) is 5.32 Å². The summed E-state index contributed by atoms with van der Waals surface area (Å²) in [6.07, 6.45) is -0.352. The quantitative estimate of drug-likeness (QED) is 0.890. The van der Waals surface area contributed by atoms with Gasteiger partial charge in [0, 0.05) is 17.0 Å². The number of rotatable bonds is 5. The van der Waals surface area contributed by atoms with Crippen LogP contribution in [-0.4, -0.2) is 17.1 Å². The lowest BCUT2D eigenvalue weighted by Crippen LogP contribution is -2.33. The van der Waals surface area contributed by atoms with Gasteiger partial charge < -0.3 is 10.4 Å². The number of aliphatic hydroxyl groups excluding tert-OH is 1. The van der Waals surface area contributed by atoms with Crippen molar-refractivity contribution in [1.29, 1.82) is 0 Å². The van der Waals surface area contributed by atoms with Crippen molar-refractivity contribution in [3.8, 4) is 0 Å². The number of hydrogen-bond donors (Lipinski definition) is 2. The number of thiophene rings is 1. The topological polar surface area (TPSA) is 49.3 Å². The maximum atomic E-state index is 12.8. The van der Waals surface area contributed by atoms with Crippen LogP contribution in [0.5, 0.6) is 0 Å². The van der Waals surface area contributed by atoms with E-state index in [1.807, 2.05) is 12.3 Å². The molecule has 0 saturated carbocycles. The highest BCUT2D eigenvalue weighted by atomic mass is 32.1. The summed E-state index contributed by atoms with van der Waals surface area (Å²) in [5.74, 6) is -0.482. The second kappa shape index (κ2) is 6.63. The Kier molecular flexibility index (Phi) is 4.87. The SMILES string of the molecule is CC(CC(O)c1ccc(F)cc1)NC(=O)c1ccsc1. The summed E-state index contributed by atoms with van der Waals surface area (Å²) < 4.78 is 12.8. The molecule has 0 saturated heterocycles. The normalized spacial score (nSPS) is 13.8. The molecule has 0 aliphatic heterocycles. The van der Waals surface area contributed by atoms with E-state index in [0.717, 1.165) is 0 Å². The molecule has 1 heterocycles. The van der Waals surface area contributed by atoms with Crippen molar-refractivity contribution in [2.75, 3.05) is 0 Å². The molecule has 1 aromatic heterocycles. The number of hydrogen-bond acceptors (Lipinski definition) is 3. The van der Waals surface area contributed by atoms with Gasteiger partial charge in [-0.1, -0.05) is 12.1 Å². The van der Waals surface area contributed by atoms with Gasteiger partial charge in [0.2, 0.25) is 0 Å². The molecule has 5 heteroatoms. The second-order valence-corrected chi connectivity index (χ2v) is 5.47. The Hall–Kier alpha value is -1.72. The summed E-state index contributed by atoms with van der Waals surface area (Å²) >= 11 is 1.46. The highest BCUT2D eigenvalue weighted by Crippen LogP contribution is 2.19. The number of benzene rings is 1. The van der Waals surface area contributed by atoms with E-state index in [1.165, 1.54) is 23.5 Å². The van der Waals surface area contributed by atoms with Crippen LogP contribution in [0.2, 0.25) is 0 Å². The molecule has 3 nitrogen and oxygen atoms in total. The highest BCUT2D eigenvalue weighted by molar-refractivity contribution is 7.08. The van der Waals surface area contributed by atoms with Crippen LogP contribution in [0.15, 0.2) is 41.1 Å². The molecular formula is C15H16FNO2S. The van der Waals surface area contributed by atoms with E-state index in [1.54, 1.807) is 23.6 Å². The molecule has 2 atom stereocenters. The summed E-state index contributed by atoms with van der Waals surface area (Å²) in [5.41, 5.74) is 1.26. The monoisotopic (exact) mass is 293 g/mol. The molecule has 1 aromatic carbocycles. The van der Waals surface area contributed by atoms with E-state index >= 15 is 0 Å². The van der Waals surface area contributed by atoms with Crippen LogP contribution < -0.4 is 5.32 Å². The largest absolute Gasteiger partial charge is 0.388 e. The molecule has 1 amide bonds. The summed E-state index contributed by atoms with van der Waals surface area (Å²) in [5, 5.41) is 16.5. The molecule has 0 aliphatic rings. The molecule has 2 aromatic rings. The van der Waals surface area contributed by atoms with Gasteiger partial charge in [-0.25, -0.2) is 4.39 Å². The van der Waals surface area contributed by atoms with Crippen LogP contribution in [0.25, 0.3) is 0 Å². The first-order valence-electron chi connectivity index (χ1n) is 6.33. The predicted octanol–water partition coefficient (Wildman–Crippen LogP) is 3.13. The molecule has 2 unspecified atom stereocenters. The Bertz CT molecular complexity index is 554. The van der Waals surface area contributed by atoms with Crippen LogP contribution in [-0.2, 0) is 0 Å². The Morgan fingerprint density at radius 2 is 2.05 bits per heavy atom. The van der Waals surface area contributed by atoms with E-state index in [4.69, 9.17) is 0 Å². The first kappa shape index (κ1) is 14.7. The minimum atomic E-state index is -0.728. The first-order valence-corrected chi connectivity index (χ1v) is 7.27. The van der Waals surface area contributed by atoms with Crippen molar-refractivity contribution < 1.29 is 14.3 Å². The zero-order chi connectivity index (χ0) is 14.5. The van der Waals surface area contributed by atoms with Gasteiger partial charge in [0.15, 0.2) is 0 Å². The Labute approximate surface area is 121 Å². The van der Waals surface area contributed by atoms with Gasteiger partial charge in [0.25, 0.3) is 5.91 Å². The summed E-state index contributed by atoms with van der Waals surface area (Å²) in [4.78, 5) is 11.8. The summed E-state index contributed by atoms with van der Waals surface area (Å²) in [6.45, 7) is 1.83. The standard InChI is InChI=1S/C15H16FNO2S/c1-10(17-15(19)12-6-7-20-9-12)8-14(18)11-2-4-13(16)5-3-11/h2-7,9-10,14,18H,8H2,1H3,(H,17,19). The molecule has 0 spiro atoms. The molecule has 0 fully saturated rings. The molecule has 0 bridgehead atoms. The zero-order valence-electron chi connectivity index (χ0n) is 11.0. The van der Waals surface area contributed by atoms with Crippen molar-refractivity contribution in [3.63, 3.8) is 0 Å². The van der Waals surface area contributed by atoms with E-state index in [9.17, 15) is 14.3 Å². The third kappa shape index (κ3) is 3.88. The highest BCUT2D eigenvalue weighted by Gasteiger charge is 2.15. The minimum Gasteiger partial charge on any atom is -0.388 e. The molecule has 2 rings (SSSR count). The number of amides is 1. The van der Waals surface area contributed by atoms with Crippen LogP contribution in [0.1, 0.15) is 35.4 Å². The molecule has 0 aliphatic carbocycles. The van der Waals surface area contributed by atoms with Crippen LogP contribution >= 0.6 is 11.3 Å². The van der Waals surface area contributed by atoms with Crippen molar-refractivity contribution in [2.24, 2.45) is 0 Å². The molecule has 0 radical (unpaired) electrons. The van der Waals surface area contributed by atoms with Gasteiger partial charge in [0.1, 0.15) is 5.82 Å². The molecular weight excluding hydrogens is 277 g/mol. The number of halogens is 1. The van der Waals surface area contributed by atoms with Crippen LogP contribution in [0.3, 0.4) is 0 Å². The van der Waals surface area contributed by atoms with Crippen molar-refractivity contribution >= 4 is 17.2 Å². The van der Waals surface area contributed by atoms with E-state index in [-0.39, 0.29) is 17.8 Å². The fourth-order valence-corrected chi connectivity index (χ4v) is 2.55. The number of aliphatic hydroxyl groups is 1. The number of nitrogens with one attached hydrogen (secondary N) is 1. The lowest BCUT2D eigenvalue weighted by Gasteiger charge is -2.18. The third-order valence-electron chi connectivity index (χ3n) is 2.99. The Morgan fingerprint density at radius 3 is 2.65 bits per heavy atom. The number of carbonyl (C=O) groups is 1. The average molecular weight is 293 g/mol. The van der Waals surface area contributed by atoms with E-state index < -0.39 is 6.10 Å². The summed E-state index contributed by atoms with van der Waals surface area (Å²) in [7, 11) is 0. The van der Waals surface area contributed by atoms with Crippen LogP contribution in [0.4, 0.5) is 4.39 Å². The molecule has 2 N–H and O–H groups in total. The fourth-order valence-electron chi connectivity index (χ4n) is 1.92. The van der Waals surface area contributed by atoms with Crippen molar-refractivity contribution in [3.05, 3.63) is 58.0 Å². The summed E-state index contributed by atoms with van der Waals surface area (Å²) in [6, 6.07) is 7.30. The lowest BCUT2D eigenvalue weighted by molar-refractivity contribution is 0.0917. The average Bonchev–Trinajstić information content (AvgIpc) is 2.93. The maximum Gasteiger partial charge on any atom is 0.252 e. The van der Waals surface area contributed by atoms with Gasteiger partial charge in [-0.15, -0.1) is 0 Å². The lowest BCUT2D eigenvalue weighted by atomic mass is 10.0. The van der Waals surface area contributed by atoms with Crippen molar-refractivity contribution in [2.45, 2.75) is 25.5 Å². The van der Waals surface area contributed by atoms with E-state index in [0.29, 0.717) is 17.5 Å².